The minimum absolute atomic E-state index is 0.0650. The highest BCUT2D eigenvalue weighted by molar-refractivity contribution is 5.40. The van der Waals surface area contributed by atoms with Crippen LogP contribution in [0.1, 0.15) is 61.3 Å². The quantitative estimate of drug-likeness (QED) is 0.711. The molecule has 1 fully saturated rings. The van der Waals surface area contributed by atoms with E-state index in [-0.39, 0.29) is 5.41 Å². The van der Waals surface area contributed by atoms with Crippen LogP contribution in [0.5, 0.6) is 0 Å². The molecule has 1 N–H and O–H groups in total. The van der Waals surface area contributed by atoms with Crippen molar-refractivity contribution in [3.8, 4) is 0 Å². The van der Waals surface area contributed by atoms with E-state index in [1.807, 2.05) is 13.8 Å². The van der Waals surface area contributed by atoms with Gasteiger partial charge in [-0.15, -0.1) is 0 Å². The number of allylic oxidation sites excluding steroid dienone is 1. The van der Waals surface area contributed by atoms with Gasteiger partial charge in [-0.2, -0.15) is 0 Å². The minimum atomic E-state index is -0.581. The molecule has 1 aliphatic rings. The molecule has 0 aromatic carbocycles. The number of hydrogen-bond acceptors (Lipinski definition) is 1. The molecule has 0 radical (unpaired) electrons. The Kier molecular flexibility index (Phi) is 3.59. The molecule has 1 nitrogen and oxygen atoms in total. The summed E-state index contributed by atoms with van der Waals surface area (Å²) in [6.07, 6.45) is 2.21. The van der Waals surface area contributed by atoms with Gasteiger partial charge in [0, 0.05) is 5.41 Å². The van der Waals surface area contributed by atoms with Crippen LogP contribution in [0.15, 0.2) is 11.1 Å². The Balaban J connectivity index is 2.91. The molecule has 0 heterocycles. The fraction of sp³-hybridized carbons (Fsp3) is 0.867. The molecule has 0 aromatic heterocycles. The molecular formula is C15H28O. The van der Waals surface area contributed by atoms with Gasteiger partial charge in [0.2, 0.25) is 0 Å². The molecule has 0 aromatic rings. The Hall–Kier alpha value is -0.300. The van der Waals surface area contributed by atoms with Crippen molar-refractivity contribution in [2.75, 3.05) is 0 Å². The molecule has 1 heteroatoms. The first kappa shape index (κ1) is 13.8. The van der Waals surface area contributed by atoms with Crippen molar-refractivity contribution in [3.63, 3.8) is 0 Å². The molecule has 2 unspecified atom stereocenters. The van der Waals surface area contributed by atoms with Crippen molar-refractivity contribution in [2.24, 2.45) is 17.3 Å². The topological polar surface area (TPSA) is 20.2 Å². The van der Waals surface area contributed by atoms with Gasteiger partial charge in [0.25, 0.3) is 0 Å². The van der Waals surface area contributed by atoms with Gasteiger partial charge in [0.1, 0.15) is 0 Å². The SMILES string of the molecule is CC(C)=C1CC1(CC(C)C(C)C)C(C)(C)O. The highest BCUT2D eigenvalue weighted by atomic mass is 16.3. The Morgan fingerprint density at radius 2 is 1.81 bits per heavy atom. The normalized spacial score (nSPS) is 27.2. The Morgan fingerprint density at radius 1 is 1.31 bits per heavy atom. The Morgan fingerprint density at radius 3 is 2.06 bits per heavy atom. The lowest BCUT2D eigenvalue weighted by molar-refractivity contribution is -0.00420. The zero-order valence-corrected chi connectivity index (χ0v) is 12.0. The van der Waals surface area contributed by atoms with Crippen LogP contribution in [-0.2, 0) is 0 Å². The summed E-state index contributed by atoms with van der Waals surface area (Å²) in [6.45, 7) is 15.1. The molecule has 0 amide bonds. The minimum Gasteiger partial charge on any atom is -0.390 e. The summed E-state index contributed by atoms with van der Waals surface area (Å²) in [5.41, 5.74) is 2.38. The van der Waals surface area contributed by atoms with Gasteiger partial charge in [-0.25, -0.2) is 0 Å². The van der Waals surface area contributed by atoms with Crippen molar-refractivity contribution in [3.05, 3.63) is 11.1 Å². The van der Waals surface area contributed by atoms with Crippen molar-refractivity contribution >= 4 is 0 Å². The van der Waals surface area contributed by atoms with Crippen LogP contribution in [0.3, 0.4) is 0 Å². The second-order valence-corrected chi connectivity index (χ2v) is 6.72. The average Bonchev–Trinajstić information content (AvgIpc) is 2.79. The second kappa shape index (κ2) is 4.18. The zero-order valence-electron chi connectivity index (χ0n) is 12.0. The van der Waals surface area contributed by atoms with E-state index in [4.69, 9.17) is 0 Å². The van der Waals surface area contributed by atoms with Crippen LogP contribution in [0.4, 0.5) is 0 Å². The Bertz CT molecular complexity index is 289. The first-order valence-corrected chi connectivity index (χ1v) is 6.51. The van der Waals surface area contributed by atoms with E-state index in [9.17, 15) is 5.11 Å². The molecule has 1 saturated carbocycles. The Labute approximate surface area is 101 Å². The van der Waals surface area contributed by atoms with Gasteiger partial charge < -0.3 is 5.11 Å². The lowest BCUT2D eigenvalue weighted by atomic mass is 9.76. The summed E-state index contributed by atoms with van der Waals surface area (Å²) >= 11 is 0. The van der Waals surface area contributed by atoms with Gasteiger partial charge >= 0.3 is 0 Å². The van der Waals surface area contributed by atoms with Crippen molar-refractivity contribution in [1.82, 2.24) is 0 Å². The standard InChI is InChI=1S/C15H28O/c1-10(2)12(5)8-15(14(6,7)16)9-13(15)11(3)4/h10,12,16H,8-9H2,1-7H3. The van der Waals surface area contributed by atoms with Crippen LogP contribution < -0.4 is 0 Å². The van der Waals surface area contributed by atoms with E-state index in [1.165, 1.54) is 11.1 Å². The van der Waals surface area contributed by atoms with E-state index in [0.29, 0.717) is 11.8 Å². The van der Waals surface area contributed by atoms with E-state index in [1.54, 1.807) is 0 Å². The average molecular weight is 224 g/mol. The van der Waals surface area contributed by atoms with Crippen LogP contribution in [0.2, 0.25) is 0 Å². The lowest BCUT2D eigenvalue weighted by Gasteiger charge is -2.33. The summed E-state index contributed by atoms with van der Waals surface area (Å²) in [7, 11) is 0. The molecule has 0 aliphatic heterocycles. The van der Waals surface area contributed by atoms with Gasteiger partial charge in [0.05, 0.1) is 5.60 Å². The van der Waals surface area contributed by atoms with Gasteiger partial charge in [-0.3, -0.25) is 0 Å². The molecular weight excluding hydrogens is 196 g/mol. The summed E-state index contributed by atoms with van der Waals surface area (Å²) in [6, 6.07) is 0. The van der Waals surface area contributed by atoms with Gasteiger partial charge in [0.15, 0.2) is 0 Å². The van der Waals surface area contributed by atoms with E-state index in [0.717, 1.165) is 12.8 Å². The molecule has 1 aliphatic carbocycles. The van der Waals surface area contributed by atoms with Gasteiger partial charge in [-0.1, -0.05) is 31.9 Å². The van der Waals surface area contributed by atoms with Crippen LogP contribution >= 0.6 is 0 Å². The van der Waals surface area contributed by atoms with E-state index < -0.39 is 5.60 Å². The largest absolute Gasteiger partial charge is 0.390 e. The number of rotatable bonds is 4. The zero-order chi connectivity index (χ0) is 12.7. The maximum absolute atomic E-state index is 10.4. The highest BCUT2D eigenvalue weighted by Crippen LogP contribution is 2.64. The van der Waals surface area contributed by atoms with Crippen LogP contribution in [0.25, 0.3) is 0 Å². The van der Waals surface area contributed by atoms with Gasteiger partial charge in [-0.05, 0) is 52.4 Å². The third-order valence-electron chi connectivity index (χ3n) is 4.51. The fourth-order valence-electron chi connectivity index (χ4n) is 2.73. The maximum atomic E-state index is 10.4. The summed E-state index contributed by atoms with van der Waals surface area (Å²) < 4.78 is 0. The van der Waals surface area contributed by atoms with Crippen LogP contribution in [-0.4, -0.2) is 10.7 Å². The first-order chi connectivity index (χ1) is 7.12. The summed E-state index contributed by atoms with van der Waals surface area (Å²) in [5.74, 6) is 1.36. The maximum Gasteiger partial charge on any atom is 0.0687 e. The third kappa shape index (κ3) is 2.34. The summed E-state index contributed by atoms with van der Waals surface area (Å²) in [4.78, 5) is 0. The molecule has 16 heavy (non-hydrogen) atoms. The lowest BCUT2D eigenvalue weighted by Crippen LogP contribution is -2.35. The number of hydrogen-bond donors (Lipinski definition) is 1. The third-order valence-corrected chi connectivity index (χ3v) is 4.51. The van der Waals surface area contributed by atoms with E-state index in [2.05, 4.69) is 34.6 Å². The highest BCUT2D eigenvalue weighted by Gasteiger charge is 2.58. The molecule has 2 atom stereocenters. The van der Waals surface area contributed by atoms with Crippen molar-refractivity contribution < 1.29 is 5.11 Å². The molecule has 1 rings (SSSR count). The fourth-order valence-corrected chi connectivity index (χ4v) is 2.73. The molecule has 94 valence electrons. The molecule has 0 bridgehead atoms. The summed E-state index contributed by atoms with van der Waals surface area (Å²) in [5, 5.41) is 10.4. The molecule has 0 saturated heterocycles. The smallest absolute Gasteiger partial charge is 0.0687 e. The second-order valence-electron chi connectivity index (χ2n) is 6.72. The van der Waals surface area contributed by atoms with Crippen molar-refractivity contribution in [1.29, 1.82) is 0 Å². The number of aliphatic hydroxyl groups is 1. The molecule has 0 spiro atoms. The first-order valence-electron chi connectivity index (χ1n) is 6.51. The van der Waals surface area contributed by atoms with Crippen molar-refractivity contribution in [2.45, 2.75) is 66.9 Å². The van der Waals surface area contributed by atoms with Crippen LogP contribution in [0, 0.1) is 17.3 Å². The predicted octanol–water partition coefficient (Wildman–Crippen LogP) is 4.17. The predicted molar refractivity (Wildman–Crippen MR) is 70.3 cm³/mol. The van der Waals surface area contributed by atoms with E-state index >= 15 is 0 Å². The monoisotopic (exact) mass is 224 g/mol.